The Labute approximate surface area is 172 Å². The first kappa shape index (κ1) is 19.3. The van der Waals surface area contributed by atoms with Crippen molar-refractivity contribution in [2.24, 2.45) is 0 Å². The summed E-state index contributed by atoms with van der Waals surface area (Å²) in [4.78, 5) is 4.15. The quantitative estimate of drug-likeness (QED) is 0.611. The number of sulfonamides is 1. The van der Waals surface area contributed by atoms with Crippen LogP contribution in [0.1, 0.15) is 24.7 Å². The maximum absolute atomic E-state index is 13.0. The molecule has 10 heteroatoms. The lowest BCUT2D eigenvalue weighted by atomic mass is 10.00. The van der Waals surface area contributed by atoms with E-state index in [0.717, 1.165) is 12.0 Å². The van der Waals surface area contributed by atoms with E-state index in [-0.39, 0.29) is 22.4 Å². The van der Waals surface area contributed by atoms with Crippen molar-refractivity contribution in [3.63, 3.8) is 0 Å². The van der Waals surface area contributed by atoms with Gasteiger partial charge in [0.2, 0.25) is 21.8 Å². The zero-order chi connectivity index (χ0) is 19.7. The highest BCUT2D eigenvalue weighted by molar-refractivity contribution is 7.89. The molecule has 28 heavy (non-hydrogen) atoms. The van der Waals surface area contributed by atoms with Gasteiger partial charge in [-0.3, -0.25) is 4.98 Å². The molecule has 7 nitrogen and oxygen atoms in total. The van der Waals surface area contributed by atoms with Crippen molar-refractivity contribution in [1.82, 2.24) is 19.5 Å². The molecule has 0 aliphatic carbocycles. The highest BCUT2D eigenvalue weighted by Crippen LogP contribution is 2.32. The molecule has 1 fully saturated rings. The van der Waals surface area contributed by atoms with E-state index in [1.165, 1.54) is 22.5 Å². The van der Waals surface area contributed by atoms with E-state index in [4.69, 9.17) is 27.6 Å². The first-order valence-electron chi connectivity index (χ1n) is 8.64. The Hall–Kier alpha value is -2.00. The van der Waals surface area contributed by atoms with Crippen LogP contribution in [0.15, 0.2) is 52.0 Å². The molecule has 146 valence electrons. The van der Waals surface area contributed by atoms with Gasteiger partial charge in [-0.05, 0) is 43.2 Å². The van der Waals surface area contributed by atoms with Gasteiger partial charge in [-0.1, -0.05) is 23.2 Å². The number of pyridine rings is 1. The minimum atomic E-state index is -3.70. The number of halogens is 2. The van der Waals surface area contributed by atoms with Crippen molar-refractivity contribution in [3.05, 3.63) is 58.7 Å². The molecule has 0 saturated carbocycles. The fraction of sp³-hybridized carbons (Fsp3) is 0.278. The summed E-state index contributed by atoms with van der Waals surface area (Å²) in [5.41, 5.74) is 0.720. The van der Waals surface area contributed by atoms with Crippen LogP contribution in [0.2, 0.25) is 10.0 Å². The van der Waals surface area contributed by atoms with Gasteiger partial charge < -0.3 is 4.42 Å². The Kier molecular flexibility index (Phi) is 5.37. The summed E-state index contributed by atoms with van der Waals surface area (Å²) in [5.74, 6) is 0.615. The average Bonchev–Trinajstić information content (AvgIpc) is 3.21. The monoisotopic (exact) mass is 438 g/mol. The zero-order valence-electron chi connectivity index (χ0n) is 14.6. The molecule has 1 unspecified atom stereocenters. The third-order valence-electron chi connectivity index (χ3n) is 4.61. The van der Waals surface area contributed by atoms with Crippen LogP contribution < -0.4 is 0 Å². The molecule has 1 aliphatic rings. The summed E-state index contributed by atoms with van der Waals surface area (Å²) in [6.45, 7) is 0.680. The Morgan fingerprint density at radius 2 is 2.00 bits per heavy atom. The molecular weight excluding hydrogens is 423 g/mol. The SMILES string of the molecule is O=S(=O)(c1ccc(Cl)c(Cl)c1)N1CCCC(c2nnc(-c3cccnc3)o2)C1. The van der Waals surface area contributed by atoms with E-state index < -0.39 is 10.0 Å². The van der Waals surface area contributed by atoms with Gasteiger partial charge in [0.15, 0.2) is 0 Å². The Bertz CT molecular complexity index is 1090. The predicted octanol–water partition coefficient (Wildman–Crippen LogP) is 4.01. The number of aromatic nitrogens is 3. The van der Waals surface area contributed by atoms with Crippen molar-refractivity contribution < 1.29 is 12.8 Å². The lowest BCUT2D eigenvalue weighted by molar-refractivity contribution is 0.286. The first-order valence-corrected chi connectivity index (χ1v) is 10.8. The number of benzene rings is 1. The topological polar surface area (TPSA) is 89.2 Å². The summed E-state index contributed by atoms with van der Waals surface area (Å²) in [6.07, 6.45) is 4.75. The van der Waals surface area contributed by atoms with Gasteiger partial charge in [0.05, 0.1) is 26.4 Å². The Morgan fingerprint density at radius 1 is 1.14 bits per heavy atom. The molecule has 0 amide bonds. The third kappa shape index (κ3) is 3.77. The summed E-state index contributed by atoms with van der Waals surface area (Å²) in [5, 5.41) is 8.71. The van der Waals surface area contributed by atoms with E-state index in [1.54, 1.807) is 18.5 Å². The smallest absolute Gasteiger partial charge is 0.249 e. The van der Waals surface area contributed by atoms with Crippen LogP contribution in [-0.4, -0.2) is 41.0 Å². The summed E-state index contributed by atoms with van der Waals surface area (Å²) < 4.78 is 33.2. The van der Waals surface area contributed by atoms with E-state index in [0.29, 0.717) is 29.8 Å². The molecule has 0 bridgehead atoms. The van der Waals surface area contributed by atoms with Crippen LogP contribution >= 0.6 is 23.2 Å². The maximum atomic E-state index is 13.0. The molecule has 1 aliphatic heterocycles. The van der Waals surface area contributed by atoms with Crippen molar-refractivity contribution in [2.75, 3.05) is 13.1 Å². The van der Waals surface area contributed by atoms with E-state index in [2.05, 4.69) is 15.2 Å². The van der Waals surface area contributed by atoms with Gasteiger partial charge >= 0.3 is 0 Å². The number of piperidine rings is 1. The number of hydrogen-bond acceptors (Lipinski definition) is 6. The van der Waals surface area contributed by atoms with Crippen molar-refractivity contribution in [3.8, 4) is 11.5 Å². The van der Waals surface area contributed by atoms with Gasteiger partial charge in [-0.2, -0.15) is 4.31 Å². The average molecular weight is 439 g/mol. The van der Waals surface area contributed by atoms with Gasteiger partial charge in [0.1, 0.15) is 0 Å². The predicted molar refractivity (Wildman–Crippen MR) is 105 cm³/mol. The lowest BCUT2D eigenvalue weighted by Crippen LogP contribution is -2.39. The second kappa shape index (κ2) is 7.79. The van der Waals surface area contributed by atoms with Crippen LogP contribution in [0, 0.1) is 0 Å². The minimum Gasteiger partial charge on any atom is -0.420 e. The van der Waals surface area contributed by atoms with Crippen molar-refractivity contribution in [1.29, 1.82) is 0 Å². The van der Waals surface area contributed by atoms with Gasteiger partial charge in [0.25, 0.3) is 0 Å². The first-order chi connectivity index (χ1) is 13.4. The van der Waals surface area contributed by atoms with E-state index in [9.17, 15) is 8.42 Å². The largest absolute Gasteiger partial charge is 0.420 e. The molecule has 1 atom stereocenters. The summed E-state index contributed by atoms with van der Waals surface area (Å²) in [7, 11) is -3.70. The van der Waals surface area contributed by atoms with Crippen LogP contribution in [0.5, 0.6) is 0 Å². The van der Waals surface area contributed by atoms with Crippen LogP contribution in [0.3, 0.4) is 0 Å². The molecule has 2 aromatic heterocycles. The molecule has 3 aromatic rings. The fourth-order valence-electron chi connectivity index (χ4n) is 3.15. The molecule has 1 aromatic carbocycles. The lowest BCUT2D eigenvalue weighted by Gasteiger charge is -2.30. The normalized spacial score (nSPS) is 18.3. The molecule has 1 saturated heterocycles. The Balaban J connectivity index is 1.56. The molecular formula is C18H16Cl2N4O3S. The van der Waals surface area contributed by atoms with E-state index in [1.807, 2.05) is 6.07 Å². The highest BCUT2D eigenvalue weighted by atomic mass is 35.5. The fourth-order valence-corrected chi connectivity index (χ4v) is 5.07. The summed E-state index contributed by atoms with van der Waals surface area (Å²) in [6, 6.07) is 7.92. The molecule has 0 N–H and O–H groups in total. The highest BCUT2D eigenvalue weighted by Gasteiger charge is 2.33. The van der Waals surface area contributed by atoms with Crippen molar-refractivity contribution >= 4 is 33.2 Å². The molecule has 0 spiro atoms. The van der Waals surface area contributed by atoms with Crippen LogP contribution in [0.4, 0.5) is 0 Å². The van der Waals surface area contributed by atoms with Crippen LogP contribution in [-0.2, 0) is 10.0 Å². The maximum Gasteiger partial charge on any atom is 0.249 e. The number of hydrogen-bond donors (Lipinski definition) is 0. The van der Waals surface area contributed by atoms with Crippen molar-refractivity contribution in [2.45, 2.75) is 23.7 Å². The third-order valence-corrected chi connectivity index (χ3v) is 7.21. The van der Waals surface area contributed by atoms with Gasteiger partial charge in [0, 0.05) is 25.5 Å². The zero-order valence-corrected chi connectivity index (χ0v) is 17.0. The second-order valence-electron chi connectivity index (χ2n) is 6.47. The van der Waals surface area contributed by atoms with Crippen LogP contribution in [0.25, 0.3) is 11.5 Å². The molecule has 4 rings (SSSR count). The second-order valence-corrected chi connectivity index (χ2v) is 9.22. The minimum absolute atomic E-state index is 0.115. The van der Waals surface area contributed by atoms with Gasteiger partial charge in [-0.15, -0.1) is 10.2 Å². The summed E-state index contributed by atoms with van der Waals surface area (Å²) >= 11 is 11.9. The van der Waals surface area contributed by atoms with E-state index >= 15 is 0 Å². The molecule has 3 heterocycles. The molecule has 0 radical (unpaired) electrons. The number of nitrogens with zero attached hydrogens (tertiary/aromatic N) is 4. The standard InChI is InChI=1S/C18H16Cl2N4O3S/c19-15-6-5-14(9-16(15)20)28(25,26)24-8-2-4-13(11-24)18-23-22-17(27-18)12-3-1-7-21-10-12/h1,3,5-7,9-10,13H,2,4,8,11H2. The van der Waals surface area contributed by atoms with Gasteiger partial charge in [-0.25, -0.2) is 8.42 Å². The Morgan fingerprint density at radius 3 is 2.75 bits per heavy atom. The number of rotatable bonds is 4.